The van der Waals surface area contributed by atoms with Gasteiger partial charge in [0.1, 0.15) is 36.4 Å². The molecule has 13 nitrogen and oxygen atoms in total. The second kappa shape index (κ2) is 12.8. The molecule has 0 bridgehead atoms. The van der Waals surface area contributed by atoms with Crippen LogP contribution in [0.25, 0.3) is 0 Å². The lowest BCUT2D eigenvalue weighted by molar-refractivity contribution is -0.152. The maximum Gasteiger partial charge on any atom is 0.330 e. The first kappa shape index (κ1) is 28.9. The van der Waals surface area contributed by atoms with Crippen LogP contribution in [0, 0.1) is 0 Å². The molecule has 0 aliphatic carbocycles. The first-order valence-corrected chi connectivity index (χ1v) is 12.7. The minimum Gasteiger partial charge on any atom is -0.463 e. The maximum absolute atomic E-state index is 12.2. The largest absolute Gasteiger partial charge is 0.463 e. The molecule has 0 spiro atoms. The van der Waals surface area contributed by atoms with Crippen LogP contribution < -0.4 is 16.0 Å². The van der Waals surface area contributed by atoms with E-state index >= 15 is 0 Å². The average molecular weight is 618 g/mol. The molecule has 1 unspecified atom stereocenters. The molecule has 210 valence electrons. The number of aromatic amines is 1. The number of rotatable bonds is 9. The highest BCUT2D eigenvalue weighted by Crippen LogP contribution is 2.28. The number of benzene rings is 2. The summed E-state index contributed by atoms with van der Waals surface area (Å²) in [5, 5.41) is 33.3. The molecule has 1 aliphatic heterocycles. The molecule has 4 rings (SSSR count). The molecule has 4 N–H and O–H groups in total. The Morgan fingerprint density at radius 3 is 2.20 bits per heavy atom. The van der Waals surface area contributed by atoms with Crippen LogP contribution in [0.4, 0.5) is 0 Å². The third-order valence-electron chi connectivity index (χ3n) is 5.98. The maximum atomic E-state index is 12.2. The van der Waals surface area contributed by atoms with Crippen LogP contribution in [0.5, 0.6) is 5.75 Å². The molecule has 1 aromatic heterocycles. The zero-order chi connectivity index (χ0) is 28.8. The summed E-state index contributed by atoms with van der Waals surface area (Å²) in [5.74, 6) is -1.26. The summed E-state index contributed by atoms with van der Waals surface area (Å²) >= 11 is 3.35. The molecule has 3 aromatic rings. The van der Waals surface area contributed by atoms with Gasteiger partial charge in [0.2, 0.25) is 0 Å². The van der Waals surface area contributed by atoms with Crippen molar-refractivity contribution in [3.05, 3.63) is 97.2 Å². The van der Waals surface area contributed by atoms with Gasteiger partial charge >= 0.3 is 17.6 Å². The van der Waals surface area contributed by atoms with Gasteiger partial charge in [-0.05, 0) is 36.4 Å². The van der Waals surface area contributed by atoms with E-state index < -0.39 is 54.3 Å². The van der Waals surface area contributed by atoms with Crippen molar-refractivity contribution in [1.82, 2.24) is 9.55 Å². The van der Waals surface area contributed by atoms with E-state index in [9.17, 15) is 34.6 Å². The summed E-state index contributed by atoms with van der Waals surface area (Å²) in [6, 6.07) is 14.5. The first-order valence-electron chi connectivity index (χ1n) is 11.9. The van der Waals surface area contributed by atoms with Gasteiger partial charge in [-0.25, -0.2) is 4.79 Å². The third kappa shape index (κ3) is 6.90. The van der Waals surface area contributed by atoms with Crippen molar-refractivity contribution in [1.29, 1.82) is 0 Å². The number of nitrogens with zero attached hydrogens (tertiary/aromatic N) is 2. The van der Waals surface area contributed by atoms with E-state index in [4.69, 9.17) is 14.2 Å². The van der Waals surface area contributed by atoms with Crippen LogP contribution in [0.1, 0.15) is 30.2 Å². The van der Waals surface area contributed by atoms with Gasteiger partial charge in [-0.3, -0.25) is 23.9 Å². The second-order valence-electron chi connectivity index (χ2n) is 8.70. The van der Waals surface area contributed by atoms with E-state index in [1.165, 1.54) is 12.1 Å². The number of nitrogens with one attached hydrogen (secondary N) is 1. The highest BCUT2D eigenvalue weighted by Gasteiger charge is 2.44. The molecular formula is C26H24BrN3O10. The lowest BCUT2D eigenvalue weighted by Crippen LogP contribution is -2.37. The Kier molecular flexibility index (Phi) is 9.26. The molecule has 0 amide bonds. The topological polar surface area (TPSA) is 190 Å². The second-order valence-corrected chi connectivity index (χ2v) is 9.62. The number of aromatic nitrogens is 2. The van der Waals surface area contributed by atoms with Crippen molar-refractivity contribution in [2.45, 2.75) is 37.4 Å². The summed E-state index contributed by atoms with van der Waals surface area (Å²) in [6.45, 7) is -0.449. The summed E-state index contributed by atoms with van der Waals surface area (Å²) in [4.78, 5) is 49.5. The lowest BCUT2D eigenvalue weighted by atomic mass is 10.0. The standard InChI is InChI=1S/C26H24BrN3O10/c27-16-5-1-14(2-6-16)22(29-37)15-3-7-17(8-4-15)39-21(33)10-9-20(32)38-13-18-23(34)24(35)25(40-18)30-12-11-19(31)28-26(30)36/h1-8,11-12,18,23-25,34-35,37H,9-10,13H2,(H,28,31,36)/b29-22+/t18-,23-,24-,25?/m1/s1. The number of aliphatic hydroxyl groups excluding tert-OH is 2. The molecule has 1 aliphatic rings. The molecule has 0 saturated carbocycles. The zero-order valence-electron chi connectivity index (χ0n) is 20.7. The molecule has 4 atom stereocenters. The van der Waals surface area contributed by atoms with Crippen LogP contribution in [-0.2, 0) is 19.1 Å². The number of oxime groups is 1. The summed E-state index contributed by atoms with van der Waals surface area (Å²) in [6.07, 6.45) is -4.98. The first-order chi connectivity index (χ1) is 19.2. The minimum atomic E-state index is -1.52. The number of ether oxygens (including phenoxy) is 3. The highest BCUT2D eigenvalue weighted by atomic mass is 79.9. The third-order valence-corrected chi connectivity index (χ3v) is 6.51. The Labute approximate surface area is 234 Å². The number of carbonyl (C=O) groups excluding carboxylic acids is 2. The predicted molar refractivity (Wildman–Crippen MR) is 141 cm³/mol. The van der Waals surface area contributed by atoms with Gasteiger partial charge in [0.25, 0.3) is 5.56 Å². The Morgan fingerprint density at radius 1 is 0.950 bits per heavy atom. The van der Waals surface area contributed by atoms with Gasteiger partial charge in [0.05, 0.1) is 12.8 Å². The average Bonchev–Trinajstić information content (AvgIpc) is 3.21. The number of aliphatic hydroxyl groups is 2. The summed E-state index contributed by atoms with van der Waals surface area (Å²) in [7, 11) is 0. The van der Waals surface area contributed by atoms with Gasteiger partial charge in [-0.15, -0.1) is 0 Å². The van der Waals surface area contributed by atoms with Gasteiger partial charge < -0.3 is 29.6 Å². The van der Waals surface area contributed by atoms with Gasteiger partial charge in [0.15, 0.2) is 6.23 Å². The molecule has 2 aromatic carbocycles. The Bertz CT molecular complexity index is 1500. The summed E-state index contributed by atoms with van der Waals surface area (Å²) in [5.41, 5.74) is 0.106. The molecule has 1 fully saturated rings. The number of carbonyl (C=O) groups is 2. The van der Waals surface area contributed by atoms with Crippen LogP contribution in [0.2, 0.25) is 0 Å². The minimum absolute atomic E-state index is 0.218. The van der Waals surface area contributed by atoms with E-state index in [0.29, 0.717) is 16.8 Å². The fourth-order valence-electron chi connectivity index (χ4n) is 3.93. The van der Waals surface area contributed by atoms with Crippen LogP contribution in [0.15, 0.2) is 80.0 Å². The molecule has 1 saturated heterocycles. The van der Waals surface area contributed by atoms with E-state index in [0.717, 1.165) is 21.3 Å². The molecule has 0 radical (unpaired) electrons. The van der Waals surface area contributed by atoms with Crippen molar-refractivity contribution >= 4 is 33.6 Å². The number of hydrogen-bond acceptors (Lipinski definition) is 11. The van der Waals surface area contributed by atoms with Crippen LogP contribution in [-0.4, -0.2) is 67.5 Å². The zero-order valence-corrected chi connectivity index (χ0v) is 22.3. The summed E-state index contributed by atoms with van der Waals surface area (Å²) < 4.78 is 17.5. The van der Waals surface area contributed by atoms with E-state index in [1.807, 2.05) is 17.1 Å². The van der Waals surface area contributed by atoms with Crippen molar-refractivity contribution in [2.75, 3.05) is 6.61 Å². The Hall–Kier alpha value is -4.11. The lowest BCUT2D eigenvalue weighted by Gasteiger charge is -2.16. The van der Waals surface area contributed by atoms with E-state index in [1.54, 1.807) is 24.3 Å². The van der Waals surface area contributed by atoms with Gasteiger partial charge in [-0.1, -0.05) is 33.2 Å². The quantitative estimate of drug-likeness (QED) is 0.0888. The Morgan fingerprint density at radius 2 is 1.57 bits per heavy atom. The van der Waals surface area contributed by atoms with Gasteiger partial charge in [-0.2, -0.15) is 0 Å². The molecule has 40 heavy (non-hydrogen) atoms. The normalized spacial score (nSPS) is 20.7. The number of H-pyrrole nitrogens is 1. The predicted octanol–water partition coefficient (Wildman–Crippen LogP) is 1.07. The van der Waals surface area contributed by atoms with Crippen LogP contribution >= 0.6 is 15.9 Å². The SMILES string of the molecule is O=C(CCC(=O)Oc1ccc(/C(=N/O)c2ccc(Br)cc2)cc1)OC[C@H]1OC(n2ccc(=O)[nH]c2=O)[C@H](O)[C@@H]1O. The molecule has 14 heteroatoms. The molecular weight excluding hydrogens is 594 g/mol. The number of hydrogen-bond donors (Lipinski definition) is 4. The number of esters is 2. The fourth-order valence-corrected chi connectivity index (χ4v) is 4.19. The smallest absolute Gasteiger partial charge is 0.330 e. The van der Waals surface area contributed by atoms with Crippen molar-refractivity contribution in [3.8, 4) is 5.75 Å². The van der Waals surface area contributed by atoms with E-state index in [2.05, 4.69) is 21.1 Å². The van der Waals surface area contributed by atoms with Gasteiger partial charge in [0, 0.05) is 27.9 Å². The van der Waals surface area contributed by atoms with Crippen molar-refractivity contribution < 1.29 is 39.2 Å². The molecule has 2 heterocycles. The number of halogens is 1. The monoisotopic (exact) mass is 617 g/mol. The Balaban J connectivity index is 1.24. The van der Waals surface area contributed by atoms with Crippen LogP contribution in [0.3, 0.4) is 0 Å². The fraction of sp³-hybridized carbons (Fsp3) is 0.269. The highest BCUT2D eigenvalue weighted by molar-refractivity contribution is 9.10. The van der Waals surface area contributed by atoms with E-state index in [-0.39, 0.29) is 18.6 Å². The van der Waals surface area contributed by atoms with Crippen molar-refractivity contribution in [2.24, 2.45) is 5.16 Å². The van der Waals surface area contributed by atoms with Crippen molar-refractivity contribution in [3.63, 3.8) is 0 Å².